The molecule has 0 aliphatic rings. The number of rotatable bonds is 5. The number of carbonyl (C=O) groups is 2. The van der Waals surface area contributed by atoms with Crippen molar-refractivity contribution in [2.45, 2.75) is 12.8 Å². The molecule has 3 rings (SSSR count). The molecular formula is C21H17F2N3O3. The van der Waals surface area contributed by atoms with Crippen molar-refractivity contribution in [1.29, 1.82) is 0 Å². The van der Waals surface area contributed by atoms with E-state index in [4.69, 9.17) is 4.74 Å². The SMILES string of the molecule is CC(F)(F)c1ccc(C(=O)NNC(=O)c2ccc(Oc3cccnc3)cc2)cc1. The van der Waals surface area contributed by atoms with Gasteiger partial charge in [-0.2, -0.15) is 0 Å². The molecule has 0 unspecified atom stereocenters. The highest BCUT2D eigenvalue weighted by Gasteiger charge is 2.24. The lowest BCUT2D eigenvalue weighted by Gasteiger charge is -2.11. The second-order valence-corrected chi connectivity index (χ2v) is 6.19. The maximum absolute atomic E-state index is 13.2. The molecule has 2 amide bonds. The summed E-state index contributed by atoms with van der Waals surface area (Å²) in [5.41, 5.74) is 4.75. The van der Waals surface area contributed by atoms with E-state index in [0.717, 1.165) is 19.1 Å². The van der Waals surface area contributed by atoms with Gasteiger partial charge in [-0.1, -0.05) is 12.1 Å². The number of hydrogen-bond donors (Lipinski definition) is 2. The minimum atomic E-state index is -2.99. The topological polar surface area (TPSA) is 80.3 Å². The smallest absolute Gasteiger partial charge is 0.270 e. The van der Waals surface area contributed by atoms with E-state index in [-0.39, 0.29) is 11.1 Å². The van der Waals surface area contributed by atoms with E-state index in [1.165, 1.54) is 24.3 Å². The van der Waals surface area contributed by atoms with Crippen molar-refractivity contribution in [2.24, 2.45) is 0 Å². The summed E-state index contributed by atoms with van der Waals surface area (Å²) in [6, 6.07) is 14.6. The molecule has 0 radical (unpaired) electrons. The summed E-state index contributed by atoms with van der Waals surface area (Å²) < 4.78 is 32.0. The predicted molar refractivity (Wildman–Crippen MR) is 102 cm³/mol. The van der Waals surface area contributed by atoms with Crippen LogP contribution in [0, 0.1) is 0 Å². The first kappa shape index (κ1) is 19.9. The zero-order valence-corrected chi connectivity index (χ0v) is 15.4. The van der Waals surface area contributed by atoms with Gasteiger partial charge in [0.1, 0.15) is 11.5 Å². The quantitative estimate of drug-likeness (QED) is 0.637. The van der Waals surface area contributed by atoms with Crippen LogP contribution in [0.1, 0.15) is 33.2 Å². The summed E-state index contributed by atoms with van der Waals surface area (Å²) in [5, 5.41) is 0. The number of nitrogens with zero attached hydrogens (tertiary/aromatic N) is 1. The number of hydrazine groups is 1. The van der Waals surface area contributed by atoms with Crippen molar-refractivity contribution in [3.63, 3.8) is 0 Å². The van der Waals surface area contributed by atoms with Crippen LogP contribution in [0.4, 0.5) is 8.78 Å². The van der Waals surface area contributed by atoms with E-state index in [0.29, 0.717) is 17.1 Å². The molecule has 0 fully saturated rings. The van der Waals surface area contributed by atoms with Crippen molar-refractivity contribution in [3.05, 3.63) is 89.7 Å². The molecule has 0 spiro atoms. The second-order valence-electron chi connectivity index (χ2n) is 6.19. The zero-order valence-electron chi connectivity index (χ0n) is 15.4. The predicted octanol–water partition coefficient (Wildman–Crippen LogP) is 4.06. The van der Waals surface area contributed by atoms with Gasteiger partial charge < -0.3 is 4.74 Å². The van der Waals surface area contributed by atoms with Crippen molar-refractivity contribution in [2.75, 3.05) is 0 Å². The maximum Gasteiger partial charge on any atom is 0.270 e. The summed E-state index contributed by atoms with van der Waals surface area (Å²) in [7, 11) is 0. The van der Waals surface area contributed by atoms with Crippen LogP contribution in [0.5, 0.6) is 11.5 Å². The molecule has 29 heavy (non-hydrogen) atoms. The first-order valence-corrected chi connectivity index (χ1v) is 8.60. The van der Waals surface area contributed by atoms with Crippen LogP contribution in [0.25, 0.3) is 0 Å². The van der Waals surface area contributed by atoms with Gasteiger partial charge in [0.05, 0.1) is 6.20 Å². The van der Waals surface area contributed by atoms with Gasteiger partial charge in [0.25, 0.3) is 17.7 Å². The Labute approximate surface area is 165 Å². The Hall–Kier alpha value is -3.81. The van der Waals surface area contributed by atoms with E-state index in [9.17, 15) is 18.4 Å². The van der Waals surface area contributed by atoms with Gasteiger partial charge in [0.15, 0.2) is 0 Å². The molecule has 1 heterocycles. The van der Waals surface area contributed by atoms with Crippen molar-refractivity contribution in [1.82, 2.24) is 15.8 Å². The normalized spacial score (nSPS) is 10.9. The maximum atomic E-state index is 13.2. The highest BCUT2D eigenvalue weighted by molar-refractivity contribution is 5.99. The Bertz CT molecular complexity index is 986. The molecule has 0 aliphatic carbocycles. The molecule has 0 atom stereocenters. The number of nitrogens with one attached hydrogen (secondary N) is 2. The van der Waals surface area contributed by atoms with E-state index in [2.05, 4.69) is 15.8 Å². The Morgan fingerprint density at radius 3 is 1.90 bits per heavy atom. The molecule has 2 N–H and O–H groups in total. The molecule has 0 saturated carbocycles. The molecule has 148 valence electrons. The summed E-state index contributed by atoms with van der Waals surface area (Å²) in [6.07, 6.45) is 3.19. The van der Waals surface area contributed by atoms with Crippen LogP contribution >= 0.6 is 0 Å². The lowest BCUT2D eigenvalue weighted by molar-refractivity contribution is 0.0174. The van der Waals surface area contributed by atoms with Crippen LogP contribution in [0.3, 0.4) is 0 Å². The minimum Gasteiger partial charge on any atom is -0.456 e. The largest absolute Gasteiger partial charge is 0.456 e. The molecule has 0 saturated heterocycles. The first-order chi connectivity index (χ1) is 13.8. The van der Waals surface area contributed by atoms with E-state index < -0.39 is 17.7 Å². The summed E-state index contributed by atoms with van der Waals surface area (Å²) >= 11 is 0. The third kappa shape index (κ3) is 5.35. The van der Waals surface area contributed by atoms with Gasteiger partial charge in [-0.15, -0.1) is 0 Å². The average Bonchev–Trinajstić information content (AvgIpc) is 2.72. The number of benzene rings is 2. The van der Waals surface area contributed by atoms with Gasteiger partial charge in [-0.3, -0.25) is 25.4 Å². The summed E-state index contributed by atoms with van der Waals surface area (Å²) in [5.74, 6) is -3.07. The minimum absolute atomic E-state index is 0.138. The van der Waals surface area contributed by atoms with Crippen molar-refractivity contribution in [3.8, 4) is 11.5 Å². The monoisotopic (exact) mass is 397 g/mol. The van der Waals surface area contributed by atoms with Gasteiger partial charge in [-0.25, -0.2) is 8.78 Å². The molecule has 6 nitrogen and oxygen atoms in total. The van der Waals surface area contributed by atoms with Crippen LogP contribution in [-0.2, 0) is 5.92 Å². The summed E-state index contributed by atoms with van der Waals surface area (Å²) in [6.45, 7) is 0.773. The number of halogens is 2. The molecular weight excluding hydrogens is 380 g/mol. The Morgan fingerprint density at radius 2 is 1.41 bits per heavy atom. The third-order valence-electron chi connectivity index (χ3n) is 3.93. The number of ether oxygens (including phenoxy) is 1. The number of carbonyl (C=O) groups excluding carboxylic acids is 2. The summed E-state index contributed by atoms with van der Waals surface area (Å²) in [4.78, 5) is 28.2. The Morgan fingerprint density at radius 1 is 0.862 bits per heavy atom. The number of aromatic nitrogens is 1. The fourth-order valence-electron chi connectivity index (χ4n) is 2.39. The molecule has 1 aromatic heterocycles. The fourth-order valence-corrected chi connectivity index (χ4v) is 2.39. The Kier molecular flexibility index (Phi) is 5.82. The highest BCUT2D eigenvalue weighted by Crippen LogP contribution is 2.26. The first-order valence-electron chi connectivity index (χ1n) is 8.60. The standard InChI is InChI=1S/C21H17F2N3O3/c1-21(22,23)16-8-4-14(5-9-16)19(27)25-26-20(28)15-6-10-17(11-7-15)29-18-3-2-12-24-13-18/h2-13H,1H3,(H,25,27)(H,26,28). The number of pyridine rings is 1. The number of amides is 2. The lowest BCUT2D eigenvalue weighted by atomic mass is 10.1. The van der Waals surface area contributed by atoms with E-state index in [1.54, 1.807) is 36.7 Å². The molecule has 3 aromatic rings. The van der Waals surface area contributed by atoms with E-state index >= 15 is 0 Å². The molecule has 0 aliphatic heterocycles. The van der Waals surface area contributed by atoms with Crippen LogP contribution < -0.4 is 15.6 Å². The van der Waals surface area contributed by atoms with Gasteiger partial charge >= 0.3 is 0 Å². The van der Waals surface area contributed by atoms with Crippen LogP contribution in [-0.4, -0.2) is 16.8 Å². The van der Waals surface area contributed by atoms with Crippen molar-refractivity contribution < 1.29 is 23.1 Å². The van der Waals surface area contributed by atoms with Crippen molar-refractivity contribution >= 4 is 11.8 Å². The molecule has 0 bridgehead atoms. The highest BCUT2D eigenvalue weighted by atomic mass is 19.3. The van der Waals surface area contributed by atoms with Gasteiger partial charge in [0, 0.05) is 29.8 Å². The van der Waals surface area contributed by atoms with Crippen LogP contribution in [0.15, 0.2) is 73.1 Å². The van der Waals surface area contributed by atoms with E-state index in [1.807, 2.05) is 0 Å². The zero-order chi connectivity index (χ0) is 20.9. The van der Waals surface area contributed by atoms with Gasteiger partial charge in [0.2, 0.25) is 0 Å². The lowest BCUT2D eigenvalue weighted by Crippen LogP contribution is -2.41. The average molecular weight is 397 g/mol. The number of hydrogen-bond acceptors (Lipinski definition) is 4. The van der Waals surface area contributed by atoms with Gasteiger partial charge in [-0.05, 0) is 48.5 Å². The molecule has 8 heteroatoms. The molecule has 2 aromatic carbocycles. The third-order valence-corrected chi connectivity index (χ3v) is 3.93. The fraction of sp³-hybridized carbons (Fsp3) is 0.0952. The Balaban J connectivity index is 1.55. The van der Waals surface area contributed by atoms with Crippen LogP contribution in [0.2, 0.25) is 0 Å². The number of alkyl halides is 2. The second kappa shape index (κ2) is 8.47.